The Bertz CT molecular complexity index is 425. The van der Waals surface area contributed by atoms with Crippen LogP contribution in [0.25, 0.3) is 0 Å². The Morgan fingerprint density at radius 3 is 2.15 bits per heavy atom. The molecule has 1 N–H and O–H groups in total. The maximum atomic E-state index is 12.3. The Hall–Kier alpha value is -1.35. The van der Waals surface area contributed by atoms with Crippen molar-refractivity contribution in [3.63, 3.8) is 0 Å². The maximum Gasteiger partial charge on any atom is 0.312 e. The number of hydrogen-bond donors (Lipinski definition) is 1. The van der Waals surface area contributed by atoms with Gasteiger partial charge in [0.2, 0.25) is 0 Å². The van der Waals surface area contributed by atoms with E-state index in [0.717, 1.165) is 5.56 Å². The second kappa shape index (κ2) is 6.89. The highest BCUT2D eigenvalue weighted by atomic mass is 16.5. The van der Waals surface area contributed by atoms with E-state index >= 15 is 0 Å². The Morgan fingerprint density at radius 1 is 1.20 bits per heavy atom. The van der Waals surface area contributed by atoms with Gasteiger partial charge in [0.25, 0.3) is 0 Å². The molecule has 1 rings (SSSR count). The van der Waals surface area contributed by atoms with Crippen LogP contribution in [-0.2, 0) is 15.1 Å². The molecule has 0 spiro atoms. The second-order valence-electron chi connectivity index (χ2n) is 5.82. The number of ether oxygens (including phenoxy) is 1. The molecule has 0 bridgehead atoms. The Kier molecular flexibility index (Phi) is 5.75. The highest BCUT2D eigenvalue weighted by Crippen LogP contribution is 2.41. The van der Waals surface area contributed by atoms with Gasteiger partial charge >= 0.3 is 5.97 Å². The van der Waals surface area contributed by atoms with E-state index in [1.165, 1.54) is 0 Å². The van der Waals surface area contributed by atoms with Gasteiger partial charge in [-0.3, -0.25) is 4.79 Å². The van der Waals surface area contributed by atoms with E-state index in [1.807, 2.05) is 58.0 Å². The Labute approximate surface area is 122 Å². The summed E-state index contributed by atoms with van der Waals surface area (Å²) in [6, 6.07) is 9.40. The Morgan fingerprint density at radius 2 is 1.75 bits per heavy atom. The fraction of sp³-hybridized carbons (Fsp3) is 0.588. The lowest BCUT2D eigenvalue weighted by molar-refractivity contribution is -0.168. The molecule has 2 unspecified atom stereocenters. The summed E-state index contributed by atoms with van der Waals surface area (Å²) in [5.41, 5.74) is -0.455. The number of aliphatic hydroxyl groups is 1. The van der Waals surface area contributed by atoms with Gasteiger partial charge in [-0.05, 0) is 24.3 Å². The molecule has 0 saturated heterocycles. The average molecular weight is 278 g/mol. The van der Waals surface area contributed by atoms with Crippen LogP contribution in [0.1, 0.15) is 40.2 Å². The minimum absolute atomic E-state index is 0.0124. The molecular formula is C17H26O3. The fourth-order valence-electron chi connectivity index (χ4n) is 2.77. The number of hydrogen-bond acceptors (Lipinski definition) is 3. The number of carbonyl (C=O) groups is 1. The van der Waals surface area contributed by atoms with Crippen molar-refractivity contribution < 1.29 is 14.6 Å². The van der Waals surface area contributed by atoms with Crippen LogP contribution in [0.4, 0.5) is 0 Å². The van der Waals surface area contributed by atoms with Crippen LogP contribution in [0.15, 0.2) is 30.3 Å². The third-order valence-electron chi connectivity index (χ3n) is 3.80. The first kappa shape index (κ1) is 16.7. The zero-order valence-corrected chi connectivity index (χ0v) is 13.1. The first-order valence-corrected chi connectivity index (χ1v) is 7.30. The molecule has 0 saturated carbocycles. The molecule has 3 heteroatoms. The van der Waals surface area contributed by atoms with Crippen LogP contribution in [0.3, 0.4) is 0 Å². The summed E-state index contributed by atoms with van der Waals surface area (Å²) >= 11 is 0. The molecule has 3 nitrogen and oxygen atoms in total. The van der Waals surface area contributed by atoms with Crippen molar-refractivity contribution in [3.05, 3.63) is 35.9 Å². The van der Waals surface area contributed by atoms with E-state index in [4.69, 9.17) is 4.74 Å². The van der Waals surface area contributed by atoms with Crippen LogP contribution in [0.5, 0.6) is 0 Å². The fourth-order valence-corrected chi connectivity index (χ4v) is 2.77. The molecule has 0 amide bonds. The molecule has 1 aromatic rings. The van der Waals surface area contributed by atoms with Gasteiger partial charge in [-0.25, -0.2) is 0 Å². The quantitative estimate of drug-likeness (QED) is 0.812. The van der Waals surface area contributed by atoms with E-state index in [0.29, 0.717) is 6.61 Å². The molecular weight excluding hydrogens is 252 g/mol. The van der Waals surface area contributed by atoms with E-state index in [-0.39, 0.29) is 17.8 Å². The first-order valence-electron chi connectivity index (χ1n) is 7.30. The monoisotopic (exact) mass is 278 g/mol. The predicted octanol–water partition coefficient (Wildman–Crippen LogP) is 3.37. The summed E-state index contributed by atoms with van der Waals surface area (Å²) in [6.45, 7) is 9.86. The van der Waals surface area contributed by atoms with Gasteiger partial charge in [-0.1, -0.05) is 58.0 Å². The minimum atomic E-state index is -1.22. The van der Waals surface area contributed by atoms with Crippen LogP contribution >= 0.6 is 0 Å². The van der Waals surface area contributed by atoms with E-state index in [2.05, 4.69) is 0 Å². The molecule has 0 aliphatic heterocycles. The topological polar surface area (TPSA) is 46.5 Å². The molecule has 0 aliphatic rings. The summed E-state index contributed by atoms with van der Waals surface area (Å²) in [4.78, 5) is 12.3. The number of carbonyl (C=O) groups excluding carboxylic acids is 1. The molecule has 2 atom stereocenters. The molecule has 20 heavy (non-hydrogen) atoms. The summed E-state index contributed by atoms with van der Waals surface area (Å²) in [5, 5.41) is 11.3. The molecule has 0 heterocycles. The molecule has 1 aromatic carbocycles. The third kappa shape index (κ3) is 3.21. The first-order chi connectivity index (χ1) is 9.35. The summed E-state index contributed by atoms with van der Waals surface area (Å²) in [7, 11) is 0. The van der Waals surface area contributed by atoms with Crippen LogP contribution in [0.2, 0.25) is 0 Å². The van der Waals surface area contributed by atoms with Gasteiger partial charge < -0.3 is 9.84 Å². The van der Waals surface area contributed by atoms with Crippen molar-refractivity contribution in [2.45, 2.75) is 40.2 Å². The van der Waals surface area contributed by atoms with Crippen molar-refractivity contribution in [1.29, 1.82) is 0 Å². The van der Waals surface area contributed by atoms with Crippen molar-refractivity contribution >= 4 is 5.97 Å². The largest absolute Gasteiger partial charge is 0.466 e. The van der Waals surface area contributed by atoms with Crippen LogP contribution < -0.4 is 0 Å². The second-order valence-corrected chi connectivity index (χ2v) is 5.82. The molecule has 112 valence electrons. The molecule has 0 radical (unpaired) electrons. The van der Waals surface area contributed by atoms with Gasteiger partial charge in [-0.2, -0.15) is 0 Å². The lowest BCUT2D eigenvalue weighted by Gasteiger charge is -2.40. The van der Waals surface area contributed by atoms with Gasteiger partial charge in [0, 0.05) is 0 Å². The molecule has 0 fully saturated rings. The van der Waals surface area contributed by atoms with Gasteiger partial charge in [0.1, 0.15) is 5.60 Å². The van der Waals surface area contributed by atoms with Gasteiger partial charge in [-0.15, -0.1) is 0 Å². The standard InChI is InChI=1S/C17H26O3/c1-6-20-16(18)15(12(2)3)17(19,13(4)5)14-10-8-7-9-11-14/h7-13,15,19H,6H2,1-5H3. The van der Waals surface area contributed by atoms with E-state index < -0.39 is 11.5 Å². The smallest absolute Gasteiger partial charge is 0.312 e. The normalized spacial score (nSPS) is 16.0. The van der Waals surface area contributed by atoms with Gasteiger partial charge in [0.15, 0.2) is 0 Å². The number of esters is 1. The average Bonchev–Trinajstić information content (AvgIpc) is 2.39. The Balaban J connectivity index is 3.31. The maximum absolute atomic E-state index is 12.3. The van der Waals surface area contributed by atoms with Crippen molar-refractivity contribution in [3.8, 4) is 0 Å². The summed E-state index contributed by atoms with van der Waals surface area (Å²) < 4.78 is 5.18. The van der Waals surface area contributed by atoms with E-state index in [1.54, 1.807) is 6.92 Å². The zero-order valence-electron chi connectivity index (χ0n) is 13.1. The lowest BCUT2D eigenvalue weighted by atomic mass is 9.69. The highest BCUT2D eigenvalue weighted by molar-refractivity contribution is 5.74. The number of benzene rings is 1. The third-order valence-corrected chi connectivity index (χ3v) is 3.80. The van der Waals surface area contributed by atoms with E-state index in [9.17, 15) is 9.90 Å². The van der Waals surface area contributed by atoms with Crippen molar-refractivity contribution in [2.24, 2.45) is 17.8 Å². The highest BCUT2D eigenvalue weighted by Gasteiger charge is 2.47. The van der Waals surface area contributed by atoms with Crippen molar-refractivity contribution in [1.82, 2.24) is 0 Å². The molecule has 0 aliphatic carbocycles. The lowest BCUT2D eigenvalue weighted by Crippen LogP contribution is -2.47. The summed E-state index contributed by atoms with van der Waals surface area (Å²) in [5.74, 6) is -1.02. The summed E-state index contributed by atoms with van der Waals surface area (Å²) in [6.07, 6.45) is 0. The SMILES string of the molecule is CCOC(=O)C(C(C)C)C(O)(c1ccccc1)C(C)C. The minimum Gasteiger partial charge on any atom is -0.466 e. The molecule has 0 aromatic heterocycles. The predicted molar refractivity (Wildman–Crippen MR) is 80.1 cm³/mol. The number of rotatable bonds is 6. The zero-order chi connectivity index (χ0) is 15.3. The van der Waals surface area contributed by atoms with Crippen LogP contribution in [-0.4, -0.2) is 17.7 Å². The van der Waals surface area contributed by atoms with Crippen molar-refractivity contribution in [2.75, 3.05) is 6.61 Å². The van der Waals surface area contributed by atoms with Gasteiger partial charge in [0.05, 0.1) is 12.5 Å². The van der Waals surface area contributed by atoms with Crippen LogP contribution in [0, 0.1) is 17.8 Å².